The van der Waals surface area contributed by atoms with E-state index >= 15 is 0 Å². The summed E-state index contributed by atoms with van der Waals surface area (Å²) in [6.07, 6.45) is 3.18. The SMILES string of the molecule is CC(C)Oc1cccc(NCCn2ccnn2)c1[N+](=O)[O-]. The Morgan fingerprint density at radius 1 is 1.48 bits per heavy atom. The van der Waals surface area contributed by atoms with Crippen molar-refractivity contribution in [1.29, 1.82) is 0 Å². The zero-order chi connectivity index (χ0) is 15.2. The molecule has 0 amide bonds. The highest BCUT2D eigenvalue weighted by atomic mass is 16.6. The number of aromatic nitrogens is 3. The van der Waals surface area contributed by atoms with Crippen LogP contribution in [0.3, 0.4) is 0 Å². The molecule has 0 spiro atoms. The molecule has 0 fully saturated rings. The summed E-state index contributed by atoms with van der Waals surface area (Å²) in [5.41, 5.74) is 0.378. The van der Waals surface area contributed by atoms with E-state index in [1.165, 1.54) is 0 Å². The van der Waals surface area contributed by atoms with E-state index in [1.54, 1.807) is 35.3 Å². The molecule has 1 heterocycles. The zero-order valence-corrected chi connectivity index (χ0v) is 11.9. The number of anilines is 1. The van der Waals surface area contributed by atoms with Crippen LogP contribution in [0.1, 0.15) is 13.8 Å². The Balaban J connectivity index is 2.12. The van der Waals surface area contributed by atoms with E-state index in [9.17, 15) is 10.1 Å². The van der Waals surface area contributed by atoms with Gasteiger partial charge in [-0.1, -0.05) is 11.3 Å². The van der Waals surface area contributed by atoms with Crippen LogP contribution in [-0.4, -0.2) is 32.6 Å². The van der Waals surface area contributed by atoms with E-state index in [-0.39, 0.29) is 17.5 Å². The molecule has 0 radical (unpaired) electrons. The fraction of sp³-hybridized carbons (Fsp3) is 0.385. The second-order valence-electron chi connectivity index (χ2n) is 4.67. The lowest BCUT2D eigenvalue weighted by atomic mass is 10.2. The predicted octanol–water partition coefficient (Wildman–Crippen LogP) is 2.09. The first kappa shape index (κ1) is 14.8. The number of nitro benzene ring substituents is 1. The molecule has 1 aromatic carbocycles. The van der Waals surface area contributed by atoms with Crippen molar-refractivity contribution in [3.8, 4) is 5.75 Å². The molecule has 8 nitrogen and oxygen atoms in total. The van der Waals surface area contributed by atoms with Crippen LogP contribution in [0.4, 0.5) is 11.4 Å². The average molecular weight is 291 g/mol. The van der Waals surface area contributed by atoms with E-state index in [4.69, 9.17) is 4.74 Å². The van der Waals surface area contributed by atoms with Gasteiger partial charge in [0.25, 0.3) is 0 Å². The second-order valence-corrected chi connectivity index (χ2v) is 4.67. The minimum atomic E-state index is -0.435. The fourth-order valence-electron chi connectivity index (χ4n) is 1.86. The van der Waals surface area contributed by atoms with Crippen LogP contribution in [0.5, 0.6) is 5.75 Å². The van der Waals surface area contributed by atoms with Gasteiger partial charge in [0, 0.05) is 12.7 Å². The highest BCUT2D eigenvalue weighted by Gasteiger charge is 2.21. The van der Waals surface area contributed by atoms with E-state index in [0.29, 0.717) is 18.8 Å². The molecular weight excluding hydrogens is 274 g/mol. The largest absolute Gasteiger partial charge is 0.484 e. The molecular formula is C13H17N5O3. The van der Waals surface area contributed by atoms with Crippen LogP contribution in [0.2, 0.25) is 0 Å². The summed E-state index contributed by atoms with van der Waals surface area (Å²) < 4.78 is 7.14. The molecule has 0 atom stereocenters. The number of hydrogen-bond acceptors (Lipinski definition) is 6. The lowest BCUT2D eigenvalue weighted by molar-refractivity contribution is -0.385. The molecule has 1 aromatic heterocycles. The zero-order valence-electron chi connectivity index (χ0n) is 11.9. The van der Waals surface area contributed by atoms with Crippen molar-refractivity contribution in [2.75, 3.05) is 11.9 Å². The number of ether oxygens (including phenoxy) is 1. The molecule has 0 saturated carbocycles. The summed E-state index contributed by atoms with van der Waals surface area (Å²) in [4.78, 5) is 10.8. The van der Waals surface area contributed by atoms with E-state index < -0.39 is 4.92 Å². The molecule has 0 aliphatic heterocycles. The quantitative estimate of drug-likeness (QED) is 0.620. The van der Waals surface area contributed by atoms with Crippen LogP contribution in [-0.2, 0) is 6.54 Å². The minimum absolute atomic E-state index is 0.0511. The van der Waals surface area contributed by atoms with Gasteiger partial charge >= 0.3 is 5.69 Å². The van der Waals surface area contributed by atoms with Crippen molar-refractivity contribution in [1.82, 2.24) is 15.0 Å². The minimum Gasteiger partial charge on any atom is -0.484 e. The maximum atomic E-state index is 11.3. The van der Waals surface area contributed by atoms with Crippen molar-refractivity contribution < 1.29 is 9.66 Å². The van der Waals surface area contributed by atoms with Crippen molar-refractivity contribution in [3.63, 3.8) is 0 Å². The Morgan fingerprint density at radius 2 is 2.29 bits per heavy atom. The first-order chi connectivity index (χ1) is 10.1. The van der Waals surface area contributed by atoms with Crippen molar-refractivity contribution in [2.24, 2.45) is 0 Å². The summed E-state index contributed by atoms with van der Waals surface area (Å²) >= 11 is 0. The molecule has 1 N–H and O–H groups in total. The van der Waals surface area contributed by atoms with Crippen molar-refractivity contribution in [3.05, 3.63) is 40.7 Å². The summed E-state index contributed by atoms with van der Waals surface area (Å²) in [6, 6.07) is 4.98. The van der Waals surface area contributed by atoms with Crippen LogP contribution in [0.25, 0.3) is 0 Å². The molecule has 8 heteroatoms. The standard InChI is InChI=1S/C13H17N5O3/c1-10(2)21-12-5-3-4-11(13(12)18(19)20)14-6-8-17-9-7-15-16-17/h3-5,7,9-10,14H,6,8H2,1-2H3. The maximum absolute atomic E-state index is 11.3. The summed E-state index contributed by atoms with van der Waals surface area (Å²) in [5, 5.41) is 21.8. The van der Waals surface area contributed by atoms with Crippen LogP contribution >= 0.6 is 0 Å². The Hall–Kier alpha value is -2.64. The number of hydrogen-bond donors (Lipinski definition) is 1. The number of para-hydroxylation sites is 1. The summed E-state index contributed by atoms with van der Waals surface area (Å²) in [5.74, 6) is 0.265. The molecule has 0 aliphatic rings. The molecule has 0 saturated heterocycles. The van der Waals surface area contributed by atoms with Crippen LogP contribution in [0.15, 0.2) is 30.6 Å². The van der Waals surface area contributed by atoms with Gasteiger partial charge in [-0.05, 0) is 26.0 Å². The lowest BCUT2D eigenvalue weighted by Crippen LogP contribution is -2.13. The molecule has 0 aliphatic carbocycles. The summed E-state index contributed by atoms with van der Waals surface area (Å²) in [6.45, 7) is 4.71. The monoisotopic (exact) mass is 291 g/mol. The normalized spacial score (nSPS) is 10.6. The van der Waals surface area contributed by atoms with Crippen LogP contribution in [0, 0.1) is 10.1 Å². The van der Waals surface area contributed by atoms with E-state index in [1.807, 2.05) is 13.8 Å². The molecule has 0 bridgehead atoms. The fourth-order valence-corrected chi connectivity index (χ4v) is 1.86. The Bertz CT molecular complexity index is 598. The molecule has 2 aromatic rings. The molecule has 21 heavy (non-hydrogen) atoms. The van der Waals surface area contributed by atoms with Gasteiger partial charge in [-0.2, -0.15) is 0 Å². The number of nitrogens with zero attached hydrogens (tertiary/aromatic N) is 4. The van der Waals surface area contributed by atoms with Crippen molar-refractivity contribution >= 4 is 11.4 Å². The third-order valence-corrected chi connectivity index (χ3v) is 2.67. The highest BCUT2D eigenvalue weighted by Crippen LogP contribution is 2.35. The average Bonchev–Trinajstić information content (AvgIpc) is 2.91. The molecule has 2 rings (SSSR count). The Labute approximate surface area is 121 Å². The van der Waals surface area contributed by atoms with Gasteiger partial charge in [0.1, 0.15) is 5.69 Å². The van der Waals surface area contributed by atoms with E-state index in [2.05, 4.69) is 15.6 Å². The molecule has 0 unspecified atom stereocenters. The predicted molar refractivity (Wildman–Crippen MR) is 77.4 cm³/mol. The van der Waals surface area contributed by atoms with Crippen LogP contribution < -0.4 is 10.1 Å². The van der Waals surface area contributed by atoms with Gasteiger partial charge in [-0.3, -0.25) is 14.8 Å². The summed E-state index contributed by atoms with van der Waals surface area (Å²) in [7, 11) is 0. The van der Waals surface area contributed by atoms with Crippen molar-refractivity contribution in [2.45, 2.75) is 26.5 Å². The molecule has 112 valence electrons. The first-order valence-corrected chi connectivity index (χ1v) is 6.60. The van der Waals surface area contributed by atoms with Gasteiger partial charge in [0.15, 0.2) is 5.75 Å². The maximum Gasteiger partial charge on any atom is 0.333 e. The number of benzene rings is 1. The smallest absolute Gasteiger partial charge is 0.333 e. The third kappa shape index (κ3) is 3.91. The second kappa shape index (κ2) is 6.69. The van der Waals surface area contributed by atoms with Gasteiger partial charge < -0.3 is 10.1 Å². The number of nitro groups is 1. The lowest BCUT2D eigenvalue weighted by Gasteiger charge is -2.13. The topological polar surface area (TPSA) is 95.1 Å². The van der Waals surface area contributed by atoms with Gasteiger partial charge in [0.05, 0.1) is 23.8 Å². The van der Waals surface area contributed by atoms with Gasteiger partial charge in [-0.25, -0.2) is 0 Å². The number of rotatable bonds is 7. The first-order valence-electron chi connectivity index (χ1n) is 6.60. The Morgan fingerprint density at radius 3 is 2.90 bits per heavy atom. The Kier molecular flexibility index (Phi) is 4.70. The highest BCUT2D eigenvalue weighted by molar-refractivity contribution is 5.68. The van der Waals surface area contributed by atoms with E-state index in [0.717, 1.165) is 0 Å². The number of nitrogens with one attached hydrogen (secondary N) is 1. The van der Waals surface area contributed by atoms with Gasteiger partial charge in [-0.15, -0.1) is 5.10 Å². The third-order valence-electron chi connectivity index (χ3n) is 2.67. The van der Waals surface area contributed by atoms with Gasteiger partial charge in [0.2, 0.25) is 0 Å².